The van der Waals surface area contributed by atoms with Gasteiger partial charge in [0.2, 0.25) is 5.91 Å². The van der Waals surface area contributed by atoms with Crippen molar-refractivity contribution in [2.24, 2.45) is 0 Å². The molecule has 3 aromatic rings. The summed E-state index contributed by atoms with van der Waals surface area (Å²) >= 11 is 0. The van der Waals surface area contributed by atoms with Crippen LogP contribution >= 0.6 is 0 Å². The standard InChI is InChI=1S/C26H27NO3/c28-26(16-25-24-9-5-4-8-23(24)14-15-30-25)27-17-20-10-12-22(13-11-20)19-29-18-21-6-2-1-3-7-21/h1-13,25H,14-19H2,(H,27,28). The Morgan fingerprint density at radius 3 is 2.33 bits per heavy atom. The molecular formula is C26H27NO3. The summed E-state index contributed by atoms with van der Waals surface area (Å²) < 4.78 is 11.6. The third kappa shape index (κ3) is 5.56. The van der Waals surface area contributed by atoms with Crippen molar-refractivity contribution in [2.75, 3.05) is 6.61 Å². The fourth-order valence-corrected chi connectivity index (χ4v) is 3.70. The number of fused-ring (bicyclic) bond motifs is 1. The highest BCUT2D eigenvalue weighted by atomic mass is 16.5. The Balaban J connectivity index is 1.22. The van der Waals surface area contributed by atoms with Crippen molar-refractivity contribution in [3.8, 4) is 0 Å². The molecular weight excluding hydrogens is 374 g/mol. The molecule has 1 amide bonds. The molecule has 1 aliphatic heterocycles. The first-order chi connectivity index (χ1) is 14.8. The summed E-state index contributed by atoms with van der Waals surface area (Å²) in [6.07, 6.45) is 1.11. The van der Waals surface area contributed by atoms with Crippen LogP contribution in [0.25, 0.3) is 0 Å². The molecule has 0 aliphatic carbocycles. The molecule has 4 heteroatoms. The number of rotatable bonds is 8. The number of carbonyl (C=O) groups excluding carboxylic acids is 1. The number of benzene rings is 3. The molecule has 1 heterocycles. The number of ether oxygens (including phenoxy) is 2. The zero-order valence-electron chi connectivity index (χ0n) is 17.1. The number of amides is 1. The summed E-state index contributed by atoms with van der Waals surface area (Å²) in [6.45, 7) is 2.35. The minimum atomic E-state index is -0.154. The van der Waals surface area contributed by atoms with E-state index in [1.807, 2.05) is 54.6 Å². The molecule has 154 valence electrons. The van der Waals surface area contributed by atoms with Crippen molar-refractivity contribution in [3.63, 3.8) is 0 Å². The maximum absolute atomic E-state index is 12.4. The first-order valence-electron chi connectivity index (χ1n) is 10.4. The number of hydrogen-bond acceptors (Lipinski definition) is 3. The highest BCUT2D eigenvalue weighted by Gasteiger charge is 2.22. The zero-order valence-corrected chi connectivity index (χ0v) is 17.1. The van der Waals surface area contributed by atoms with Gasteiger partial charge in [-0.1, -0.05) is 78.9 Å². The second kappa shape index (κ2) is 10.2. The van der Waals surface area contributed by atoms with Gasteiger partial charge in [-0.3, -0.25) is 4.79 Å². The summed E-state index contributed by atoms with van der Waals surface area (Å²) in [5, 5.41) is 3.01. The van der Waals surface area contributed by atoms with Gasteiger partial charge in [0, 0.05) is 6.54 Å². The smallest absolute Gasteiger partial charge is 0.223 e. The van der Waals surface area contributed by atoms with E-state index in [0.29, 0.717) is 32.8 Å². The van der Waals surface area contributed by atoms with Crippen LogP contribution in [-0.4, -0.2) is 12.5 Å². The van der Waals surface area contributed by atoms with Crippen LogP contribution in [0.5, 0.6) is 0 Å². The van der Waals surface area contributed by atoms with Crippen LogP contribution in [0, 0.1) is 0 Å². The van der Waals surface area contributed by atoms with Crippen molar-refractivity contribution >= 4 is 5.91 Å². The van der Waals surface area contributed by atoms with Gasteiger partial charge in [0.1, 0.15) is 0 Å². The van der Waals surface area contributed by atoms with Crippen LogP contribution in [0.15, 0.2) is 78.9 Å². The van der Waals surface area contributed by atoms with Crippen LogP contribution in [0.2, 0.25) is 0 Å². The fraction of sp³-hybridized carbons (Fsp3) is 0.269. The number of nitrogens with one attached hydrogen (secondary N) is 1. The monoisotopic (exact) mass is 401 g/mol. The Hall–Kier alpha value is -2.95. The Bertz CT molecular complexity index is 954. The molecule has 0 fully saturated rings. The molecule has 0 saturated heterocycles. The average molecular weight is 402 g/mol. The second-order valence-electron chi connectivity index (χ2n) is 7.58. The molecule has 4 rings (SSSR count). The lowest BCUT2D eigenvalue weighted by Crippen LogP contribution is -2.27. The van der Waals surface area contributed by atoms with Gasteiger partial charge < -0.3 is 14.8 Å². The maximum Gasteiger partial charge on any atom is 0.223 e. The topological polar surface area (TPSA) is 47.6 Å². The lowest BCUT2D eigenvalue weighted by molar-refractivity contribution is -0.124. The summed E-state index contributed by atoms with van der Waals surface area (Å²) in [5.74, 6) is 0.00646. The van der Waals surface area contributed by atoms with Crippen LogP contribution in [-0.2, 0) is 40.4 Å². The van der Waals surface area contributed by atoms with Crippen LogP contribution < -0.4 is 5.32 Å². The molecule has 3 aromatic carbocycles. The molecule has 1 unspecified atom stereocenters. The van der Waals surface area contributed by atoms with Crippen molar-refractivity contribution in [2.45, 2.75) is 38.7 Å². The third-order valence-corrected chi connectivity index (χ3v) is 5.36. The van der Waals surface area contributed by atoms with Gasteiger partial charge in [0.05, 0.1) is 32.3 Å². The molecule has 30 heavy (non-hydrogen) atoms. The average Bonchev–Trinajstić information content (AvgIpc) is 2.79. The molecule has 1 atom stereocenters. The van der Waals surface area contributed by atoms with Crippen molar-refractivity contribution in [3.05, 3.63) is 107 Å². The van der Waals surface area contributed by atoms with E-state index in [9.17, 15) is 4.79 Å². The zero-order chi connectivity index (χ0) is 20.6. The highest BCUT2D eigenvalue weighted by Crippen LogP contribution is 2.29. The van der Waals surface area contributed by atoms with E-state index in [1.165, 1.54) is 11.1 Å². The maximum atomic E-state index is 12.4. The van der Waals surface area contributed by atoms with Crippen molar-refractivity contribution in [1.29, 1.82) is 0 Å². The fourth-order valence-electron chi connectivity index (χ4n) is 3.70. The molecule has 0 bridgehead atoms. The van der Waals surface area contributed by atoms with Crippen LogP contribution in [0.3, 0.4) is 0 Å². The molecule has 1 aliphatic rings. The Kier molecular flexibility index (Phi) is 6.91. The Morgan fingerprint density at radius 2 is 1.53 bits per heavy atom. The minimum Gasteiger partial charge on any atom is -0.373 e. The second-order valence-corrected chi connectivity index (χ2v) is 7.58. The van der Waals surface area contributed by atoms with E-state index in [-0.39, 0.29) is 12.0 Å². The largest absolute Gasteiger partial charge is 0.373 e. The summed E-state index contributed by atoms with van der Waals surface area (Å²) in [7, 11) is 0. The van der Waals surface area contributed by atoms with Crippen molar-refractivity contribution in [1.82, 2.24) is 5.32 Å². The number of hydrogen-bond donors (Lipinski definition) is 1. The van der Waals surface area contributed by atoms with E-state index < -0.39 is 0 Å². The van der Waals surface area contributed by atoms with Gasteiger partial charge in [-0.15, -0.1) is 0 Å². The van der Waals surface area contributed by atoms with Gasteiger partial charge in [-0.25, -0.2) is 0 Å². The summed E-state index contributed by atoms with van der Waals surface area (Å²) in [5.41, 5.74) is 5.78. The van der Waals surface area contributed by atoms with Crippen molar-refractivity contribution < 1.29 is 14.3 Å². The van der Waals surface area contributed by atoms with E-state index in [4.69, 9.17) is 9.47 Å². The summed E-state index contributed by atoms with van der Waals surface area (Å²) in [4.78, 5) is 12.4. The van der Waals surface area contributed by atoms with Crippen LogP contribution in [0.1, 0.15) is 40.3 Å². The first kappa shape index (κ1) is 20.3. The quantitative estimate of drug-likeness (QED) is 0.594. The third-order valence-electron chi connectivity index (χ3n) is 5.36. The van der Waals surface area contributed by atoms with Gasteiger partial charge in [-0.2, -0.15) is 0 Å². The van der Waals surface area contributed by atoms with Gasteiger partial charge in [-0.05, 0) is 34.2 Å². The van der Waals surface area contributed by atoms with E-state index in [1.54, 1.807) is 0 Å². The molecule has 1 N–H and O–H groups in total. The van der Waals surface area contributed by atoms with Gasteiger partial charge >= 0.3 is 0 Å². The minimum absolute atomic E-state index is 0.00646. The predicted octanol–water partition coefficient (Wildman–Crippen LogP) is 4.72. The molecule has 0 saturated carbocycles. The van der Waals surface area contributed by atoms with Gasteiger partial charge in [0.25, 0.3) is 0 Å². The molecule has 0 radical (unpaired) electrons. The lowest BCUT2D eigenvalue weighted by Gasteiger charge is -2.25. The number of carbonyl (C=O) groups is 1. The van der Waals surface area contributed by atoms with E-state index in [0.717, 1.165) is 23.1 Å². The highest BCUT2D eigenvalue weighted by molar-refractivity contribution is 5.76. The van der Waals surface area contributed by atoms with E-state index >= 15 is 0 Å². The molecule has 4 nitrogen and oxygen atoms in total. The summed E-state index contributed by atoms with van der Waals surface area (Å²) in [6, 6.07) is 26.5. The Morgan fingerprint density at radius 1 is 0.867 bits per heavy atom. The van der Waals surface area contributed by atoms with Gasteiger partial charge in [0.15, 0.2) is 0 Å². The van der Waals surface area contributed by atoms with Crippen LogP contribution in [0.4, 0.5) is 0 Å². The molecule has 0 spiro atoms. The lowest BCUT2D eigenvalue weighted by atomic mass is 9.95. The first-order valence-corrected chi connectivity index (χ1v) is 10.4. The predicted molar refractivity (Wildman–Crippen MR) is 117 cm³/mol. The normalized spacial score (nSPS) is 15.4. The Labute approximate surface area is 177 Å². The molecule has 0 aromatic heterocycles. The van der Waals surface area contributed by atoms with E-state index in [2.05, 4.69) is 29.6 Å². The SMILES string of the molecule is O=C(CC1OCCc2ccccc21)NCc1ccc(COCc2ccccc2)cc1.